The van der Waals surface area contributed by atoms with Gasteiger partial charge in [-0.3, -0.25) is 4.79 Å². The van der Waals surface area contributed by atoms with E-state index in [0.29, 0.717) is 29.4 Å². The predicted molar refractivity (Wildman–Crippen MR) is 132 cm³/mol. The third-order valence-electron chi connectivity index (χ3n) is 4.68. The zero-order valence-corrected chi connectivity index (χ0v) is 20.1. The zero-order valence-electron chi connectivity index (χ0n) is 19.2. The van der Waals surface area contributed by atoms with Crippen LogP contribution in [-0.4, -0.2) is 33.8 Å². The highest BCUT2D eigenvalue weighted by atomic mass is 32.2. The Balaban J connectivity index is 1.63. The summed E-state index contributed by atoms with van der Waals surface area (Å²) in [7, 11) is -3.77. The number of carbonyl (C=O) groups is 1. The highest BCUT2D eigenvalue weighted by Crippen LogP contribution is 2.28. The number of aryl methyl sites for hydroxylation is 2. The van der Waals surface area contributed by atoms with E-state index in [1.54, 1.807) is 30.3 Å². The number of rotatable bonds is 10. The molecule has 0 aliphatic rings. The SMILES string of the molecule is CCOc1cc(/C=N\NS(=O)(=O)c2ccc(C)cc2)ccc1OCC(=O)Nc1ccc(C)cc1. The van der Waals surface area contributed by atoms with Crippen molar-refractivity contribution in [3.8, 4) is 11.5 Å². The summed E-state index contributed by atoms with van der Waals surface area (Å²) in [5.74, 6) is 0.497. The van der Waals surface area contributed by atoms with Crippen LogP contribution in [-0.2, 0) is 14.8 Å². The Morgan fingerprint density at radius 2 is 1.56 bits per heavy atom. The quantitative estimate of drug-likeness (QED) is 0.336. The molecule has 0 aliphatic carbocycles. The second kappa shape index (κ2) is 11.3. The van der Waals surface area contributed by atoms with Gasteiger partial charge in [-0.05, 0) is 68.8 Å². The third-order valence-corrected chi connectivity index (χ3v) is 5.92. The molecule has 8 nitrogen and oxygen atoms in total. The van der Waals surface area contributed by atoms with E-state index in [-0.39, 0.29) is 17.4 Å². The van der Waals surface area contributed by atoms with Crippen molar-refractivity contribution < 1.29 is 22.7 Å². The Kier molecular flexibility index (Phi) is 8.26. The van der Waals surface area contributed by atoms with E-state index in [1.807, 2.05) is 45.0 Å². The molecule has 3 aromatic rings. The van der Waals surface area contributed by atoms with Gasteiger partial charge in [0.1, 0.15) is 0 Å². The van der Waals surface area contributed by atoms with Crippen molar-refractivity contribution in [3.05, 3.63) is 83.4 Å². The summed E-state index contributed by atoms with van der Waals surface area (Å²) >= 11 is 0. The molecule has 0 aliphatic heterocycles. The number of hydrogen-bond donors (Lipinski definition) is 2. The van der Waals surface area contributed by atoms with Gasteiger partial charge in [0.05, 0.1) is 17.7 Å². The minimum atomic E-state index is -3.77. The number of ether oxygens (including phenoxy) is 2. The van der Waals surface area contributed by atoms with Crippen molar-refractivity contribution in [2.45, 2.75) is 25.7 Å². The van der Waals surface area contributed by atoms with Gasteiger partial charge in [0.2, 0.25) is 0 Å². The number of amides is 1. The van der Waals surface area contributed by atoms with Crippen molar-refractivity contribution in [1.29, 1.82) is 0 Å². The molecule has 0 saturated heterocycles. The molecule has 0 spiro atoms. The Morgan fingerprint density at radius 3 is 2.21 bits per heavy atom. The van der Waals surface area contributed by atoms with Gasteiger partial charge in [0, 0.05) is 5.69 Å². The highest BCUT2D eigenvalue weighted by molar-refractivity contribution is 7.89. The first-order valence-electron chi connectivity index (χ1n) is 10.6. The van der Waals surface area contributed by atoms with Gasteiger partial charge in [-0.2, -0.15) is 13.5 Å². The summed E-state index contributed by atoms with van der Waals surface area (Å²) < 4.78 is 35.9. The fourth-order valence-corrected chi connectivity index (χ4v) is 3.70. The molecular weight excluding hydrogens is 454 g/mol. The normalized spacial score (nSPS) is 11.3. The van der Waals surface area contributed by atoms with Crippen LogP contribution in [0, 0.1) is 13.8 Å². The topological polar surface area (TPSA) is 106 Å². The first kappa shape index (κ1) is 24.8. The predicted octanol–water partition coefficient (Wildman–Crippen LogP) is 4.03. The van der Waals surface area contributed by atoms with Crippen molar-refractivity contribution in [2.24, 2.45) is 5.10 Å². The van der Waals surface area contributed by atoms with Gasteiger partial charge >= 0.3 is 0 Å². The molecule has 0 atom stereocenters. The molecule has 2 N–H and O–H groups in total. The van der Waals surface area contributed by atoms with Crippen molar-refractivity contribution in [2.75, 3.05) is 18.5 Å². The maximum absolute atomic E-state index is 12.3. The van der Waals surface area contributed by atoms with Crippen LogP contribution in [0.1, 0.15) is 23.6 Å². The summed E-state index contributed by atoms with van der Waals surface area (Å²) in [6.45, 7) is 5.85. The number of carbonyl (C=O) groups excluding carboxylic acids is 1. The van der Waals surface area contributed by atoms with E-state index in [2.05, 4.69) is 15.2 Å². The molecule has 3 aromatic carbocycles. The number of benzene rings is 3. The van der Waals surface area contributed by atoms with Gasteiger partial charge < -0.3 is 14.8 Å². The highest BCUT2D eigenvalue weighted by Gasteiger charge is 2.12. The second-order valence-electron chi connectivity index (χ2n) is 7.51. The molecular formula is C25H27N3O5S. The molecule has 0 radical (unpaired) electrons. The van der Waals surface area contributed by atoms with E-state index in [9.17, 15) is 13.2 Å². The lowest BCUT2D eigenvalue weighted by Gasteiger charge is -2.13. The average Bonchev–Trinajstić information content (AvgIpc) is 2.80. The number of nitrogens with one attached hydrogen (secondary N) is 2. The van der Waals surface area contributed by atoms with E-state index in [1.165, 1.54) is 18.3 Å². The van der Waals surface area contributed by atoms with Crippen LogP contribution in [0.5, 0.6) is 11.5 Å². The van der Waals surface area contributed by atoms with E-state index in [4.69, 9.17) is 9.47 Å². The molecule has 178 valence electrons. The second-order valence-corrected chi connectivity index (χ2v) is 9.17. The molecule has 0 fully saturated rings. The van der Waals surface area contributed by atoms with Gasteiger partial charge in [0.25, 0.3) is 15.9 Å². The standard InChI is InChI=1S/C25H27N3O5S/c1-4-32-24-15-20(16-26-28-34(30,31)22-12-7-19(3)8-13-22)9-14-23(24)33-17-25(29)27-21-10-5-18(2)6-11-21/h5-16,28H,4,17H2,1-3H3,(H,27,29)/b26-16-. The Bertz CT molecular complexity index is 1250. The van der Waals surface area contributed by atoms with E-state index >= 15 is 0 Å². The first-order chi connectivity index (χ1) is 16.3. The van der Waals surface area contributed by atoms with Crippen LogP contribution in [0.15, 0.2) is 76.7 Å². The molecule has 0 aromatic heterocycles. The fourth-order valence-electron chi connectivity index (χ4n) is 2.91. The fraction of sp³-hybridized carbons (Fsp3) is 0.200. The Hall–Kier alpha value is -3.85. The number of sulfonamides is 1. The van der Waals surface area contributed by atoms with E-state index in [0.717, 1.165) is 11.1 Å². The molecule has 9 heteroatoms. The molecule has 3 rings (SSSR count). The minimum absolute atomic E-state index is 0.123. The first-order valence-corrected chi connectivity index (χ1v) is 12.1. The molecule has 0 saturated carbocycles. The lowest BCUT2D eigenvalue weighted by molar-refractivity contribution is -0.118. The van der Waals surface area contributed by atoms with Crippen LogP contribution < -0.4 is 19.6 Å². The van der Waals surface area contributed by atoms with Gasteiger partial charge in [-0.15, -0.1) is 0 Å². The monoisotopic (exact) mass is 481 g/mol. The molecule has 1 amide bonds. The summed E-state index contributed by atoms with van der Waals surface area (Å²) in [5, 5.41) is 6.62. The zero-order chi connectivity index (χ0) is 24.6. The lowest BCUT2D eigenvalue weighted by Crippen LogP contribution is -2.20. The summed E-state index contributed by atoms with van der Waals surface area (Å²) in [5.41, 5.74) is 3.33. The van der Waals surface area contributed by atoms with Crippen molar-refractivity contribution in [3.63, 3.8) is 0 Å². The van der Waals surface area contributed by atoms with E-state index < -0.39 is 10.0 Å². The van der Waals surface area contributed by atoms with Gasteiger partial charge in [-0.1, -0.05) is 35.4 Å². The number of hydrazone groups is 1. The van der Waals surface area contributed by atoms with Gasteiger partial charge in [0.15, 0.2) is 18.1 Å². The van der Waals surface area contributed by atoms with Crippen LogP contribution in [0.3, 0.4) is 0 Å². The lowest BCUT2D eigenvalue weighted by atomic mass is 10.2. The molecule has 34 heavy (non-hydrogen) atoms. The van der Waals surface area contributed by atoms with Crippen LogP contribution in [0.2, 0.25) is 0 Å². The summed E-state index contributed by atoms with van der Waals surface area (Å²) in [6.07, 6.45) is 1.36. The molecule has 0 heterocycles. The Morgan fingerprint density at radius 1 is 0.912 bits per heavy atom. The third kappa shape index (κ3) is 7.08. The average molecular weight is 482 g/mol. The Labute approximate surface area is 199 Å². The van der Waals surface area contributed by atoms with Crippen molar-refractivity contribution >= 4 is 27.8 Å². The number of anilines is 1. The summed E-state index contributed by atoms with van der Waals surface area (Å²) in [6, 6.07) is 18.9. The smallest absolute Gasteiger partial charge is 0.276 e. The van der Waals surface area contributed by atoms with Crippen molar-refractivity contribution in [1.82, 2.24) is 4.83 Å². The molecule has 0 bridgehead atoms. The van der Waals surface area contributed by atoms with Crippen LogP contribution in [0.25, 0.3) is 0 Å². The van der Waals surface area contributed by atoms with Gasteiger partial charge in [-0.25, -0.2) is 4.83 Å². The largest absolute Gasteiger partial charge is 0.490 e. The number of nitrogens with zero attached hydrogens (tertiary/aromatic N) is 1. The van der Waals surface area contributed by atoms with Crippen LogP contribution in [0.4, 0.5) is 5.69 Å². The number of hydrogen-bond acceptors (Lipinski definition) is 6. The maximum Gasteiger partial charge on any atom is 0.276 e. The minimum Gasteiger partial charge on any atom is -0.490 e. The summed E-state index contributed by atoms with van der Waals surface area (Å²) in [4.78, 5) is 14.5. The molecule has 0 unspecified atom stereocenters. The maximum atomic E-state index is 12.3. The van der Waals surface area contributed by atoms with Crippen LogP contribution >= 0.6 is 0 Å².